The maximum Gasteiger partial charge on any atom is 0.307 e. The molecule has 1 aliphatic heterocycles. The van der Waals surface area contributed by atoms with Crippen molar-refractivity contribution in [3.05, 3.63) is 59.1 Å². The standard InChI is InChI=1S/C26H33ClN2O4S/c27-20-5-7-21(8-6-20)34-23-4-2-1-3-22(23)24-18-15-19(25(24)26(32)33)17-29(16-18)10-9-28(11-13-30)12-14-31/h1-8,18-19,24-25,30-31H,9-17H2,(H,32,33)/t18-,19+,24+,25-/m0/s1. The van der Waals surface area contributed by atoms with E-state index in [1.54, 1.807) is 11.8 Å². The predicted molar refractivity (Wildman–Crippen MR) is 135 cm³/mol. The molecule has 34 heavy (non-hydrogen) atoms. The van der Waals surface area contributed by atoms with Crippen LogP contribution in [0.3, 0.4) is 0 Å². The van der Waals surface area contributed by atoms with Crippen LogP contribution in [0.15, 0.2) is 58.3 Å². The number of hydrogen-bond donors (Lipinski definition) is 3. The highest BCUT2D eigenvalue weighted by Gasteiger charge is 2.51. The molecule has 2 fully saturated rings. The molecular formula is C26H33ClN2O4S. The van der Waals surface area contributed by atoms with Crippen LogP contribution in [0.25, 0.3) is 0 Å². The first-order valence-electron chi connectivity index (χ1n) is 11.9. The molecule has 0 spiro atoms. The summed E-state index contributed by atoms with van der Waals surface area (Å²) in [4.78, 5) is 19.1. The summed E-state index contributed by atoms with van der Waals surface area (Å²) < 4.78 is 0. The van der Waals surface area contributed by atoms with Gasteiger partial charge in [0, 0.05) is 60.0 Å². The Hall–Kier alpha value is -1.61. The normalized spacial score (nSPS) is 24.6. The molecule has 1 saturated heterocycles. The minimum Gasteiger partial charge on any atom is -0.481 e. The second kappa shape index (κ2) is 11.9. The molecule has 4 rings (SSSR count). The van der Waals surface area contributed by atoms with E-state index in [9.17, 15) is 20.1 Å². The van der Waals surface area contributed by atoms with E-state index in [1.165, 1.54) is 0 Å². The lowest BCUT2D eigenvalue weighted by atomic mass is 9.82. The summed E-state index contributed by atoms with van der Waals surface area (Å²) in [6, 6.07) is 16.0. The van der Waals surface area contributed by atoms with Gasteiger partial charge in [0.05, 0.1) is 19.1 Å². The van der Waals surface area contributed by atoms with Crippen LogP contribution in [0.4, 0.5) is 0 Å². The number of benzene rings is 2. The number of aliphatic hydroxyl groups is 2. The molecule has 8 heteroatoms. The van der Waals surface area contributed by atoms with E-state index in [0.29, 0.717) is 18.1 Å². The van der Waals surface area contributed by atoms with Gasteiger partial charge < -0.3 is 20.2 Å². The maximum atomic E-state index is 12.5. The predicted octanol–water partition coefficient (Wildman–Crippen LogP) is 3.51. The number of nitrogens with zero attached hydrogens (tertiary/aromatic N) is 2. The number of aliphatic carboxylic acids is 1. The first-order chi connectivity index (χ1) is 16.5. The largest absolute Gasteiger partial charge is 0.481 e. The zero-order valence-corrected chi connectivity index (χ0v) is 20.8. The Morgan fingerprint density at radius 1 is 1.00 bits per heavy atom. The Bertz CT molecular complexity index is 954. The van der Waals surface area contributed by atoms with Crippen LogP contribution >= 0.6 is 23.4 Å². The van der Waals surface area contributed by atoms with Crippen LogP contribution < -0.4 is 0 Å². The third-order valence-electron chi connectivity index (χ3n) is 7.16. The second-order valence-electron chi connectivity index (χ2n) is 9.29. The highest BCUT2D eigenvalue weighted by Crippen LogP contribution is 2.53. The van der Waals surface area contributed by atoms with Gasteiger partial charge in [-0.15, -0.1) is 0 Å². The van der Waals surface area contributed by atoms with Gasteiger partial charge in [0.15, 0.2) is 0 Å². The van der Waals surface area contributed by atoms with Crippen molar-refractivity contribution in [2.24, 2.45) is 17.8 Å². The molecule has 1 heterocycles. The fraction of sp³-hybridized carbons (Fsp3) is 0.500. The number of carboxylic acids is 1. The highest BCUT2D eigenvalue weighted by atomic mass is 35.5. The van der Waals surface area contributed by atoms with E-state index in [1.807, 2.05) is 36.4 Å². The van der Waals surface area contributed by atoms with Gasteiger partial charge in [-0.1, -0.05) is 41.6 Å². The number of rotatable bonds is 11. The smallest absolute Gasteiger partial charge is 0.307 e. The Balaban J connectivity index is 1.53. The third-order valence-corrected chi connectivity index (χ3v) is 8.51. The second-order valence-corrected chi connectivity index (χ2v) is 10.8. The first-order valence-corrected chi connectivity index (χ1v) is 13.1. The van der Waals surface area contributed by atoms with Crippen LogP contribution in [0.1, 0.15) is 17.9 Å². The van der Waals surface area contributed by atoms with Gasteiger partial charge >= 0.3 is 5.97 Å². The third kappa shape index (κ3) is 5.96. The Kier molecular flexibility index (Phi) is 8.91. The molecule has 0 amide bonds. The summed E-state index contributed by atoms with van der Waals surface area (Å²) in [5.41, 5.74) is 1.13. The van der Waals surface area contributed by atoms with Crippen molar-refractivity contribution < 1.29 is 20.1 Å². The molecule has 1 saturated carbocycles. The molecule has 0 aromatic heterocycles. The lowest BCUT2D eigenvalue weighted by molar-refractivity contribution is -0.143. The molecule has 2 aromatic rings. The molecule has 3 N–H and O–H groups in total. The van der Waals surface area contributed by atoms with Crippen molar-refractivity contribution in [2.45, 2.75) is 22.1 Å². The topological polar surface area (TPSA) is 84.2 Å². The summed E-state index contributed by atoms with van der Waals surface area (Å²) in [6.45, 7) is 4.43. The average Bonchev–Trinajstić information content (AvgIpc) is 3.09. The van der Waals surface area contributed by atoms with E-state index in [-0.39, 0.29) is 31.0 Å². The summed E-state index contributed by atoms with van der Waals surface area (Å²) in [6.07, 6.45) is 0.940. The van der Waals surface area contributed by atoms with Crippen molar-refractivity contribution in [1.82, 2.24) is 9.80 Å². The molecule has 6 nitrogen and oxygen atoms in total. The zero-order chi connectivity index (χ0) is 24.1. The summed E-state index contributed by atoms with van der Waals surface area (Å²) in [5, 5.41) is 29.5. The van der Waals surface area contributed by atoms with E-state index in [4.69, 9.17) is 11.6 Å². The van der Waals surface area contributed by atoms with Crippen LogP contribution in [0, 0.1) is 17.8 Å². The number of carboxylic acid groups (broad SMARTS) is 1. The fourth-order valence-electron chi connectivity index (χ4n) is 5.75. The van der Waals surface area contributed by atoms with E-state index >= 15 is 0 Å². The number of aliphatic hydroxyl groups excluding tert-OH is 2. The average molecular weight is 505 g/mol. The summed E-state index contributed by atoms with van der Waals surface area (Å²) in [5.74, 6) is -0.704. The minimum atomic E-state index is -0.701. The van der Waals surface area contributed by atoms with E-state index in [0.717, 1.165) is 48.0 Å². The molecule has 2 aliphatic rings. The lowest BCUT2D eigenvalue weighted by Gasteiger charge is -2.34. The number of likely N-dealkylation sites (tertiary alicyclic amines) is 1. The molecular weight excluding hydrogens is 472 g/mol. The number of piperidine rings is 1. The number of hydrogen-bond acceptors (Lipinski definition) is 6. The molecule has 0 unspecified atom stereocenters. The number of fused-ring (bicyclic) bond motifs is 2. The highest BCUT2D eigenvalue weighted by molar-refractivity contribution is 7.99. The molecule has 4 atom stereocenters. The monoisotopic (exact) mass is 504 g/mol. The molecule has 184 valence electrons. The van der Waals surface area contributed by atoms with Gasteiger partial charge in [0.1, 0.15) is 0 Å². The van der Waals surface area contributed by atoms with E-state index < -0.39 is 11.9 Å². The van der Waals surface area contributed by atoms with Crippen molar-refractivity contribution >= 4 is 29.3 Å². The number of halogens is 1. The van der Waals surface area contributed by atoms with Crippen molar-refractivity contribution in [2.75, 3.05) is 52.5 Å². The van der Waals surface area contributed by atoms with Gasteiger partial charge in [0.2, 0.25) is 0 Å². The summed E-state index contributed by atoms with van der Waals surface area (Å²) in [7, 11) is 0. The Morgan fingerprint density at radius 3 is 2.35 bits per heavy atom. The molecule has 0 radical (unpaired) electrons. The van der Waals surface area contributed by atoms with Crippen LogP contribution in [-0.4, -0.2) is 83.6 Å². The van der Waals surface area contributed by atoms with Crippen LogP contribution in [0.2, 0.25) is 5.02 Å². The van der Waals surface area contributed by atoms with Gasteiger partial charge in [-0.25, -0.2) is 0 Å². The lowest BCUT2D eigenvalue weighted by Crippen LogP contribution is -2.43. The van der Waals surface area contributed by atoms with Crippen molar-refractivity contribution in [3.63, 3.8) is 0 Å². The van der Waals surface area contributed by atoms with Gasteiger partial charge in [-0.2, -0.15) is 0 Å². The summed E-state index contributed by atoms with van der Waals surface area (Å²) >= 11 is 7.72. The Labute approximate surface area is 210 Å². The number of carbonyl (C=O) groups is 1. The zero-order valence-electron chi connectivity index (χ0n) is 19.2. The molecule has 2 aromatic carbocycles. The molecule has 1 aliphatic carbocycles. The quantitative estimate of drug-likeness (QED) is 0.432. The minimum absolute atomic E-state index is 0.0190. The van der Waals surface area contributed by atoms with Gasteiger partial charge in [0.25, 0.3) is 0 Å². The van der Waals surface area contributed by atoms with Gasteiger partial charge in [-0.05, 0) is 54.2 Å². The molecule has 2 bridgehead atoms. The fourth-order valence-corrected chi connectivity index (χ4v) is 6.87. The first kappa shape index (κ1) is 25.5. The maximum absolute atomic E-state index is 12.5. The van der Waals surface area contributed by atoms with E-state index in [2.05, 4.69) is 21.9 Å². The van der Waals surface area contributed by atoms with Crippen molar-refractivity contribution in [1.29, 1.82) is 0 Å². The van der Waals surface area contributed by atoms with Crippen LogP contribution in [0.5, 0.6) is 0 Å². The Morgan fingerprint density at radius 2 is 1.68 bits per heavy atom. The SMILES string of the molecule is O=C(O)[C@H]1[C@@H]2C[C@@H](CN(CCN(CCO)CCO)C2)[C@@H]1c1ccccc1Sc1ccc(Cl)cc1. The van der Waals surface area contributed by atoms with Crippen LogP contribution in [-0.2, 0) is 4.79 Å². The van der Waals surface area contributed by atoms with Gasteiger partial charge in [-0.3, -0.25) is 9.69 Å². The van der Waals surface area contributed by atoms with Crippen molar-refractivity contribution in [3.8, 4) is 0 Å².